The number of aromatic amines is 1. The number of aromatic nitrogens is 2. The predicted octanol–water partition coefficient (Wildman–Crippen LogP) is 3.47. The van der Waals surface area contributed by atoms with Gasteiger partial charge in [0.2, 0.25) is 0 Å². The van der Waals surface area contributed by atoms with Crippen LogP contribution in [0, 0.1) is 0 Å². The highest BCUT2D eigenvalue weighted by atomic mass is 16.1. The van der Waals surface area contributed by atoms with E-state index in [1.54, 1.807) is 12.4 Å². The van der Waals surface area contributed by atoms with Gasteiger partial charge in [-0.05, 0) is 48.1 Å². The maximum atomic E-state index is 12.5. The summed E-state index contributed by atoms with van der Waals surface area (Å²) in [7, 11) is 0. The molecule has 0 saturated heterocycles. The maximum absolute atomic E-state index is 12.5. The van der Waals surface area contributed by atoms with Crippen LogP contribution < -0.4 is 5.56 Å². The summed E-state index contributed by atoms with van der Waals surface area (Å²) in [6, 6.07) is 11.9. The lowest BCUT2D eigenvalue weighted by Crippen LogP contribution is -2.12. The first-order valence-corrected chi connectivity index (χ1v) is 6.90. The van der Waals surface area contributed by atoms with Crippen LogP contribution in [0.25, 0.3) is 22.0 Å². The molecule has 98 valence electrons. The molecule has 1 N–H and O–H groups in total. The fourth-order valence-corrected chi connectivity index (χ4v) is 2.87. The molecular formula is C17H14N2O. The Hall–Kier alpha value is -2.42. The molecule has 1 aromatic carbocycles. The van der Waals surface area contributed by atoms with Crippen LogP contribution in [0.4, 0.5) is 0 Å². The Bertz CT molecular complexity index is 832. The molecule has 1 saturated carbocycles. The van der Waals surface area contributed by atoms with E-state index in [-0.39, 0.29) is 5.56 Å². The van der Waals surface area contributed by atoms with E-state index in [1.807, 2.05) is 30.3 Å². The maximum Gasteiger partial charge on any atom is 0.256 e. The Morgan fingerprint density at radius 2 is 1.80 bits per heavy atom. The third kappa shape index (κ3) is 1.74. The van der Waals surface area contributed by atoms with Gasteiger partial charge in [0, 0.05) is 23.3 Å². The second-order valence-corrected chi connectivity index (χ2v) is 5.30. The molecule has 1 aliphatic rings. The molecule has 0 amide bonds. The van der Waals surface area contributed by atoms with Gasteiger partial charge in [-0.2, -0.15) is 0 Å². The molecule has 2 aromatic heterocycles. The Morgan fingerprint density at radius 3 is 2.55 bits per heavy atom. The molecule has 3 heteroatoms. The van der Waals surface area contributed by atoms with Gasteiger partial charge < -0.3 is 4.98 Å². The van der Waals surface area contributed by atoms with Crippen molar-refractivity contribution in [2.24, 2.45) is 0 Å². The normalized spacial score (nSPS) is 14.6. The van der Waals surface area contributed by atoms with E-state index < -0.39 is 0 Å². The molecule has 0 aliphatic heterocycles. The first-order chi connectivity index (χ1) is 9.84. The van der Waals surface area contributed by atoms with Gasteiger partial charge in [-0.25, -0.2) is 0 Å². The molecule has 2 heterocycles. The quantitative estimate of drug-likeness (QED) is 0.768. The molecule has 3 aromatic rings. The summed E-state index contributed by atoms with van der Waals surface area (Å²) in [5, 5.41) is 1.17. The molecule has 0 bridgehead atoms. The minimum atomic E-state index is -0.00296. The summed E-state index contributed by atoms with van der Waals surface area (Å²) < 4.78 is 0. The zero-order chi connectivity index (χ0) is 13.5. The highest BCUT2D eigenvalue weighted by Gasteiger charge is 2.29. The van der Waals surface area contributed by atoms with Gasteiger partial charge in [-0.1, -0.05) is 18.2 Å². The summed E-state index contributed by atoms with van der Waals surface area (Å²) in [5.74, 6) is 0.519. The molecule has 0 spiro atoms. The number of nitrogens with zero attached hydrogens (tertiary/aromatic N) is 1. The zero-order valence-electron chi connectivity index (χ0n) is 11.0. The summed E-state index contributed by atoms with van der Waals surface area (Å²) >= 11 is 0. The van der Waals surface area contributed by atoms with E-state index in [1.165, 1.54) is 23.8 Å². The third-order valence-electron chi connectivity index (χ3n) is 3.92. The standard InChI is InChI=1S/C17H14N2O/c20-17-16(12-7-9-18-10-8-12)15(11-5-6-11)13-3-1-2-4-14(13)19-17/h1-4,7-11H,5-6H2,(H,19,20). The highest BCUT2D eigenvalue weighted by Crippen LogP contribution is 2.45. The van der Waals surface area contributed by atoms with E-state index in [9.17, 15) is 4.79 Å². The summed E-state index contributed by atoms with van der Waals surface area (Å²) in [4.78, 5) is 19.6. The summed E-state index contributed by atoms with van der Waals surface area (Å²) in [6.45, 7) is 0. The number of nitrogens with one attached hydrogen (secondary N) is 1. The van der Waals surface area contributed by atoms with E-state index in [0.717, 1.165) is 16.6 Å². The highest BCUT2D eigenvalue weighted by molar-refractivity contribution is 5.89. The zero-order valence-corrected chi connectivity index (χ0v) is 11.0. The van der Waals surface area contributed by atoms with Crippen molar-refractivity contribution in [2.45, 2.75) is 18.8 Å². The second-order valence-electron chi connectivity index (χ2n) is 5.30. The molecule has 0 radical (unpaired) electrons. The van der Waals surface area contributed by atoms with Gasteiger partial charge in [0.05, 0.1) is 5.56 Å². The fourth-order valence-electron chi connectivity index (χ4n) is 2.87. The summed E-state index contributed by atoms with van der Waals surface area (Å²) in [5.41, 5.74) is 3.90. The molecule has 1 aliphatic carbocycles. The monoisotopic (exact) mass is 262 g/mol. The van der Waals surface area contributed by atoms with Crippen LogP contribution in [0.3, 0.4) is 0 Å². The van der Waals surface area contributed by atoms with Crippen LogP contribution in [0.2, 0.25) is 0 Å². The lowest BCUT2D eigenvalue weighted by Gasteiger charge is -2.11. The van der Waals surface area contributed by atoms with Crippen LogP contribution >= 0.6 is 0 Å². The number of pyridine rings is 2. The summed E-state index contributed by atoms with van der Waals surface area (Å²) in [6.07, 6.45) is 5.82. The van der Waals surface area contributed by atoms with E-state index in [2.05, 4.69) is 16.0 Å². The van der Waals surface area contributed by atoms with Gasteiger partial charge in [-0.15, -0.1) is 0 Å². The topological polar surface area (TPSA) is 45.8 Å². The lowest BCUT2D eigenvalue weighted by atomic mass is 9.95. The van der Waals surface area contributed by atoms with Crippen molar-refractivity contribution in [2.75, 3.05) is 0 Å². The van der Waals surface area contributed by atoms with Crippen molar-refractivity contribution >= 4 is 10.9 Å². The molecule has 1 fully saturated rings. The average molecular weight is 262 g/mol. The number of hydrogen-bond acceptors (Lipinski definition) is 2. The Balaban J connectivity index is 2.12. The predicted molar refractivity (Wildman–Crippen MR) is 79.8 cm³/mol. The van der Waals surface area contributed by atoms with Gasteiger partial charge in [-0.3, -0.25) is 9.78 Å². The third-order valence-corrected chi connectivity index (χ3v) is 3.92. The number of para-hydroxylation sites is 1. The van der Waals surface area contributed by atoms with E-state index in [0.29, 0.717) is 5.92 Å². The van der Waals surface area contributed by atoms with Crippen LogP contribution in [0.5, 0.6) is 0 Å². The number of fused-ring (bicyclic) bond motifs is 1. The average Bonchev–Trinajstić information content (AvgIpc) is 3.31. The number of H-pyrrole nitrogens is 1. The Kier molecular flexibility index (Phi) is 2.46. The van der Waals surface area contributed by atoms with Crippen molar-refractivity contribution < 1.29 is 0 Å². The fraction of sp³-hybridized carbons (Fsp3) is 0.176. The van der Waals surface area contributed by atoms with Crippen molar-refractivity contribution in [3.05, 3.63) is 64.7 Å². The van der Waals surface area contributed by atoms with Crippen molar-refractivity contribution in [3.63, 3.8) is 0 Å². The molecule has 3 nitrogen and oxygen atoms in total. The van der Waals surface area contributed by atoms with E-state index in [4.69, 9.17) is 0 Å². The smallest absolute Gasteiger partial charge is 0.256 e. The van der Waals surface area contributed by atoms with Crippen LogP contribution in [-0.4, -0.2) is 9.97 Å². The Morgan fingerprint density at radius 1 is 1.05 bits per heavy atom. The second kappa shape index (κ2) is 4.30. The van der Waals surface area contributed by atoms with Crippen molar-refractivity contribution in [1.82, 2.24) is 9.97 Å². The first-order valence-electron chi connectivity index (χ1n) is 6.90. The minimum Gasteiger partial charge on any atom is -0.321 e. The minimum absolute atomic E-state index is 0.00296. The van der Waals surface area contributed by atoms with Gasteiger partial charge in [0.25, 0.3) is 5.56 Å². The number of rotatable bonds is 2. The van der Waals surface area contributed by atoms with Crippen molar-refractivity contribution in [3.8, 4) is 11.1 Å². The SMILES string of the molecule is O=c1[nH]c2ccccc2c(C2CC2)c1-c1ccncc1. The largest absolute Gasteiger partial charge is 0.321 e. The molecular weight excluding hydrogens is 248 g/mol. The molecule has 20 heavy (non-hydrogen) atoms. The van der Waals surface area contributed by atoms with Gasteiger partial charge >= 0.3 is 0 Å². The number of benzene rings is 1. The number of hydrogen-bond donors (Lipinski definition) is 1. The molecule has 4 rings (SSSR count). The van der Waals surface area contributed by atoms with Crippen molar-refractivity contribution in [1.29, 1.82) is 0 Å². The van der Waals surface area contributed by atoms with Crippen LogP contribution in [-0.2, 0) is 0 Å². The molecule has 0 atom stereocenters. The van der Waals surface area contributed by atoms with E-state index >= 15 is 0 Å². The van der Waals surface area contributed by atoms with Gasteiger partial charge in [0.1, 0.15) is 0 Å². The van der Waals surface area contributed by atoms with Gasteiger partial charge in [0.15, 0.2) is 0 Å². The Labute approximate surface area is 116 Å². The molecule has 0 unspecified atom stereocenters. The lowest BCUT2D eigenvalue weighted by molar-refractivity contribution is 1.13. The van der Waals surface area contributed by atoms with Crippen LogP contribution in [0.1, 0.15) is 24.3 Å². The van der Waals surface area contributed by atoms with Crippen LogP contribution in [0.15, 0.2) is 53.6 Å². The first kappa shape index (κ1) is 11.4.